The highest BCUT2D eigenvalue weighted by atomic mass is 35.5. The Balaban J connectivity index is 1.68. The van der Waals surface area contributed by atoms with E-state index in [0.717, 1.165) is 40.8 Å². The number of H-pyrrole nitrogens is 1. The van der Waals surface area contributed by atoms with E-state index in [9.17, 15) is 0 Å². The van der Waals surface area contributed by atoms with E-state index in [4.69, 9.17) is 17.3 Å². The maximum absolute atomic E-state index is 6.26. The fourth-order valence-electron chi connectivity index (χ4n) is 3.45. The van der Waals surface area contributed by atoms with Crippen LogP contribution in [-0.2, 0) is 0 Å². The van der Waals surface area contributed by atoms with Gasteiger partial charge >= 0.3 is 0 Å². The first-order chi connectivity index (χ1) is 11.7. The Morgan fingerprint density at radius 3 is 3.00 bits per heavy atom. The van der Waals surface area contributed by atoms with Crippen molar-refractivity contribution in [2.75, 3.05) is 5.32 Å². The van der Waals surface area contributed by atoms with Gasteiger partial charge in [0.1, 0.15) is 16.6 Å². The average Bonchev–Trinajstić information content (AvgIpc) is 3.01. The zero-order chi connectivity index (χ0) is 16.5. The summed E-state index contributed by atoms with van der Waals surface area (Å²) in [5.74, 6) is 0.776. The number of fused-ring (bicyclic) bond motifs is 1. The third-order valence-electron chi connectivity index (χ3n) is 4.71. The van der Waals surface area contributed by atoms with E-state index in [1.54, 1.807) is 6.20 Å². The molecule has 1 saturated carbocycles. The van der Waals surface area contributed by atoms with Crippen molar-refractivity contribution in [1.82, 2.24) is 15.0 Å². The molecule has 3 heterocycles. The first-order valence-corrected chi connectivity index (χ1v) is 8.71. The summed E-state index contributed by atoms with van der Waals surface area (Å²) >= 11 is 6.26. The number of nitrogens with two attached hydrogens (primary N) is 1. The topological polar surface area (TPSA) is 79.6 Å². The fraction of sp³-hybridized carbons (Fsp3) is 0.333. The van der Waals surface area contributed by atoms with Crippen LogP contribution in [0.25, 0.3) is 22.2 Å². The lowest BCUT2D eigenvalue weighted by Gasteiger charge is -2.29. The standard InChI is InChI=1S/C18H20ClN5/c19-16-8-11(13-10-22-18-12(13)4-3-7-21-18)9-17(24-16)23-15-6-2-1-5-14(15)20/h3-4,7-10,14-15H,1-2,5-6,20H2,(H,21,22)(H,23,24)/t14-,15+/m0/s1. The molecule has 24 heavy (non-hydrogen) atoms. The third-order valence-corrected chi connectivity index (χ3v) is 4.90. The van der Waals surface area contributed by atoms with Gasteiger partial charge in [0.2, 0.25) is 0 Å². The lowest BCUT2D eigenvalue weighted by molar-refractivity contribution is 0.403. The van der Waals surface area contributed by atoms with Gasteiger partial charge in [0.05, 0.1) is 0 Å². The van der Waals surface area contributed by atoms with Crippen LogP contribution in [0.2, 0.25) is 5.15 Å². The summed E-state index contributed by atoms with van der Waals surface area (Å²) in [7, 11) is 0. The van der Waals surface area contributed by atoms with Crippen LogP contribution in [-0.4, -0.2) is 27.0 Å². The van der Waals surface area contributed by atoms with Crippen molar-refractivity contribution in [3.05, 3.63) is 41.8 Å². The van der Waals surface area contributed by atoms with Crippen LogP contribution >= 0.6 is 11.6 Å². The molecule has 0 bridgehead atoms. The Labute approximate surface area is 145 Å². The molecular formula is C18H20ClN5. The second-order valence-electron chi connectivity index (χ2n) is 6.36. The second-order valence-corrected chi connectivity index (χ2v) is 6.75. The number of pyridine rings is 2. The number of hydrogen-bond acceptors (Lipinski definition) is 4. The van der Waals surface area contributed by atoms with Gasteiger partial charge in [-0.2, -0.15) is 0 Å². The van der Waals surface area contributed by atoms with E-state index in [2.05, 4.69) is 20.3 Å². The molecule has 6 heteroatoms. The van der Waals surface area contributed by atoms with Crippen LogP contribution in [0.15, 0.2) is 36.7 Å². The van der Waals surface area contributed by atoms with Gasteiger partial charge in [-0.15, -0.1) is 0 Å². The average molecular weight is 342 g/mol. The molecule has 0 spiro atoms. The van der Waals surface area contributed by atoms with E-state index in [-0.39, 0.29) is 12.1 Å². The molecule has 2 atom stereocenters. The molecule has 1 aliphatic rings. The summed E-state index contributed by atoms with van der Waals surface area (Å²) in [5.41, 5.74) is 9.18. The smallest absolute Gasteiger partial charge is 0.137 e. The van der Waals surface area contributed by atoms with Crippen molar-refractivity contribution < 1.29 is 0 Å². The molecule has 0 aliphatic heterocycles. The Morgan fingerprint density at radius 1 is 1.25 bits per heavy atom. The quantitative estimate of drug-likeness (QED) is 0.630. The maximum Gasteiger partial charge on any atom is 0.137 e. The van der Waals surface area contributed by atoms with Gasteiger partial charge in [-0.3, -0.25) is 0 Å². The van der Waals surface area contributed by atoms with Gasteiger partial charge in [0, 0.05) is 35.4 Å². The number of hydrogen-bond donors (Lipinski definition) is 3. The van der Waals surface area contributed by atoms with Gasteiger partial charge in [-0.1, -0.05) is 24.4 Å². The first kappa shape index (κ1) is 15.4. The van der Waals surface area contributed by atoms with Crippen LogP contribution < -0.4 is 11.1 Å². The molecule has 5 nitrogen and oxygen atoms in total. The first-order valence-electron chi connectivity index (χ1n) is 8.33. The monoisotopic (exact) mass is 341 g/mol. The molecule has 3 aromatic heterocycles. The predicted octanol–water partition coefficient (Wildman–Crippen LogP) is 3.96. The molecule has 0 saturated heterocycles. The summed E-state index contributed by atoms with van der Waals surface area (Å²) in [5, 5.41) is 5.02. The SMILES string of the molecule is N[C@H]1CCCC[C@H]1Nc1cc(-c2c[nH]c3ncccc23)cc(Cl)n1. The van der Waals surface area contributed by atoms with E-state index in [0.29, 0.717) is 5.15 Å². The lowest BCUT2D eigenvalue weighted by Crippen LogP contribution is -2.42. The molecule has 0 amide bonds. The van der Waals surface area contributed by atoms with Crippen LogP contribution in [0.1, 0.15) is 25.7 Å². The molecule has 4 N–H and O–H groups in total. The lowest BCUT2D eigenvalue weighted by atomic mass is 9.91. The number of rotatable bonds is 3. The number of aromatic nitrogens is 3. The van der Waals surface area contributed by atoms with Gasteiger partial charge in [-0.25, -0.2) is 9.97 Å². The second kappa shape index (κ2) is 6.42. The van der Waals surface area contributed by atoms with Gasteiger partial charge < -0.3 is 16.0 Å². The number of nitrogens with zero attached hydrogens (tertiary/aromatic N) is 2. The van der Waals surface area contributed by atoms with Crippen LogP contribution in [0.5, 0.6) is 0 Å². The predicted molar refractivity (Wildman–Crippen MR) is 98.2 cm³/mol. The highest BCUT2D eigenvalue weighted by molar-refractivity contribution is 6.29. The van der Waals surface area contributed by atoms with Crippen molar-refractivity contribution in [2.45, 2.75) is 37.8 Å². The Hall–Kier alpha value is -2.11. The van der Waals surface area contributed by atoms with E-state index in [1.165, 1.54) is 12.8 Å². The Bertz CT molecular complexity index is 859. The van der Waals surface area contributed by atoms with Gasteiger partial charge in [0.25, 0.3) is 0 Å². The summed E-state index contributed by atoms with van der Waals surface area (Å²) in [4.78, 5) is 12.0. The molecule has 0 unspecified atom stereocenters. The highest BCUT2D eigenvalue weighted by Gasteiger charge is 2.22. The van der Waals surface area contributed by atoms with Crippen LogP contribution in [0.4, 0.5) is 5.82 Å². The Kier molecular flexibility index (Phi) is 4.12. The van der Waals surface area contributed by atoms with Gasteiger partial charge in [-0.05, 0) is 42.7 Å². The van der Waals surface area contributed by atoms with Crippen molar-refractivity contribution in [2.24, 2.45) is 5.73 Å². The highest BCUT2D eigenvalue weighted by Crippen LogP contribution is 2.31. The summed E-state index contributed by atoms with van der Waals surface area (Å²) < 4.78 is 0. The van der Waals surface area contributed by atoms with E-state index in [1.807, 2.05) is 30.5 Å². The van der Waals surface area contributed by atoms with Crippen molar-refractivity contribution >= 4 is 28.5 Å². The molecule has 1 fully saturated rings. The molecule has 0 aromatic carbocycles. The number of anilines is 1. The van der Waals surface area contributed by atoms with E-state index >= 15 is 0 Å². The van der Waals surface area contributed by atoms with Crippen molar-refractivity contribution in [3.63, 3.8) is 0 Å². The zero-order valence-corrected chi connectivity index (χ0v) is 14.1. The summed E-state index contributed by atoms with van der Waals surface area (Å²) in [6.45, 7) is 0. The van der Waals surface area contributed by atoms with Crippen molar-refractivity contribution in [3.8, 4) is 11.1 Å². The maximum atomic E-state index is 6.26. The third kappa shape index (κ3) is 2.97. The van der Waals surface area contributed by atoms with Gasteiger partial charge in [0.15, 0.2) is 0 Å². The van der Waals surface area contributed by atoms with Crippen LogP contribution in [0.3, 0.4) is 0 Å². The minimum absolute atomic E-state index is 0.167. The number of halogens is 1. The summed E-state index contributed by atoms with van der Waals surface area (Å²) in [6.07, 6.45) is 8.27. The largest absolute Gasteiger partial charge is 0.366 e. The molecule has 0 radical (unpaired) electrons. The number of nitrogens with one attached hydrogen (secondary N) is 2. The minimum atomic E-state index is 0.167. The minimum Gasteiger partial charge on any atom is -0.366 e. The molecular weight excluding hydrogens is 322 g/mol. The van der Waals surface area contributed by atoms with E-state index < -0.39 is 0 Å². The van der Waals surface area contributed by atoms with Crippen molar-refractivity contribution in [1.29, 1.82) is 0 Å². The van der Waals surface area contributed by atoms with Crippen LogP contribution in [0, 0.1) is 0 Å². The zero-order valence-electron chi connectivity index (χ0n) is 13.3. The Morgan fingerprint density at radius 2 is 2.12 bits per heavy atom. The normalized spacial score (nSPS) is 21.1. The molecule has 3 aromatic rings. The molecule has 4 rings (SSSR count). The number of aromatic amines is 1. The summed E-state index contributed by atoms with van der Waals surface area (Å²) in [6, 6.07) is 8.31. The molecule has 124 valence electrons. The fourth-order valence-corrected chi connectivity index (χ4v) is 3.66. The molecule has 1 aliphatic carbocycles.